The summed E-state index contributed by atoms with van der Waals surface area (Å²) in [5.74, 6) is -0.538. The van der Waals surface area contributed by atoms with E-state index in [1.807, 2.05) is 45.0 Å². The van der Waals surface area contributed by atoms with E-state index in [1.54, 1.807) is 0 Å². The number of allylic oxidation sites excluding steroid dienone is 3. The molecule has 0 saturated carbocycles. The average Bonchev–Trinajstić information content (AvgIpc) is 2.59. The van der Waals surface area contributed by atoms with Crippen LogP contribution in [0.3, 0.4) is 0 Å². The lowest BCUT2D eigenvalue weighted by Gasteiger charge is -2.34. The van der Waals surface area contributed by atoms with Crippen molar-refractivity contribution in [3.8, 4) is 0 Å². The molecule has 1 heterocycles. The second-order valence-corrected chi connectivity index (χ2v) is 6.81. The van der Waals surface area contributed by atoms with E-state index >= 15 is 0 Å². The molecular formula is C21H25NO3. The van der Waals surface area contributed by atoms with E-state index in [-0.39, 0.29) is 17.7 Å². The number of hydrogen-bond acceptors (Lipinski definition) is 4. The molecule has 4 nitrogen and oxygen atoms in total. The molecule has 0 saturated heterocycles. The first kappa shape index (κ1) is 17.5. The van der Waals surface area contributed by atoms with E-state index in [1.165, 1.54) is 0 Å². The van der Waals surface area contributed by atoms with Gasteiger partial charge < -0.3 is 10.1 Å². The molecule has 1 aromatic carbocycles. The second kappa shape index (κ2) is 7.26. The van der Waals surface area contributed by atoms with Crippen molar-refractivity contribution in [1.82, 2.24) is 5.32 Å². The van der Waals surface area contributed by atoms with Crippen molar-refractivity contribution in [2.45, 2.75) is 52.4 Å². The zero-order valence-electron chi connectivity index (χ0n) is 15.1. The maximum absolute atomic E-state index is 12.7. The highest BCUT2D eigenvalue weighted by atomic mass is 16.5. The molecule has 1 aliphatic carbocycles. The normalized spacial score (nSPS) is 20.3. The van der Waals surface area contributed by atoms with Gasteiger partial charge in [0.05, 0.1) is 12.2 Å². The number of ketones is 1. The van der Waals surface area contributed by atoms with Crippen molar-refractivity contribution in [3.63, 3.8) is 0 Å². The van der Waals surface area contributed by atoms with Crippen molar-refractivity contribution in [2.75, 3.05) is 6.61 Å². The Hall–Kier alpha value is -2.36. The highest BCUT2D eigenvalue weighted by molar-refractivity contribution is 6.03. The Morgan fingerprint density at radius 3 is 2.60 bits per heavy atom. The molecule has 132 valence electrons. The summed E-state index contributed by atoms with van der Waals surface area (Å²) in [4.78, 5) is 25.4. The predicted octanol–water partition coefficient (Wildman–Crippen LogP) is 3.92. The lowest BCUT2D eigenvalue weighted by molar-refractivity contribution is -0.139. The van der Waals surface area contributed by atoms with Gasteiger partial charge in [0.1, 0.15) is 0 Å². The summed E-state index contributed by atoms with van der Waals surface area (Å²) in [6, 6.07) is 8.07. The van der Waals surface area contributed by atoms with Crippen LogP contribution in [-0.2, 0) is 14.3 Å². The Kier molecular flexibility index (Phi) is 5.07. The SMILES string of the molecule is CCCOC(=O)C1=C(C)NC2=C(C(=O)CCC2)C1c1ccc(C)cc1. The monoisotopic (exact) mass is 339 g/mol. The number of rotatable bonds is 4. The van der Waals surface area contributed by atoms with Crippen molar-refractivity contribution in [3.05, 3.63) is 57.9 Å². The van der Waals surface area contributed by atoms with Crippen LogP contribution in [-0.4, -0.2) is 18.4 Å². The van der Waals surface area contributed by atoms with Crippen LogP contribution in [0.25, 0.3) is 0 Å². The molecule has 1 aromatic rings. The molecule has 1 aliphatic heterocycles. The first-order chi connectivity index (χ1) is 12.0. The maximum Gasteiger partial charge on any atom is 0.336 e. The number of Topliss-reactive ketones (excluding diaryl/α,β-unsaturated/α-hetero) is 1. The van der Waals surface area contributed by atoms with Crippen LogP contribution in [0.15, 0.2) is 46.8 Å². The van der Waals surface area contributed by atoms with Crippen LogP contribution in [0.1, 0.15) is 56.6 Å². The molecule has 0 amide bonds. The fourth-order valence-corrected chi connectivity index (χ4v) is 3.62. The van der Waals surface area contributed by atoms with Crippen LogP contribution in [0, 0.1) is 6.92 Å². The summed E-state index contributed by atoms with van der Waals surface area (Å²) in [5.41, 5.74) is 5.18. The smallest absolute Gasteiger partial charge is 0.336 e. The summed E-state index contributed by atoms with van der Waals surface area (Å²) in [6.07, 6.45) is 3.01. The number of nitrogens with one attached hydrogen (secondary N) is 1. The predicted molar refractivity (Wildman–Crippen MR) is 96.9 cm³/mol. The number of ether oxygens (including phenoxy) is 1. The highest BCUT2D eigenvalue weighted by Gasteiger charge is 2.38. The minimum Gasteiger partial charge on any atom is -0.462 e. The van der Waals surface area contributed by atoms with Crippen molar-refractivity contribution in [1.29, 1.82) is 0 Å². The molecule has 3 rings (SSSR count). The molecule has 1 unspecified atom stereocenters. The van der Waals surface area contributed by atoms with Gasteiger partial charge in [0, 0.05) is 29.3 Å². The highest BCUT2D eigenvalue weighted by Crippen LogP contribution is 2.42. The zero-order chi connectivity index (χ0) is 18.0. The number of carbonyl (C=O) groups is 2. The summed E-state index contributed by atoms with van der Waals surface area (Å²) >= 11 is 0. The van der Waals surface area contributed by atoms with Gasteiger partial charge in [-0.15, -0.1) is 0 Å². The molecule has 0 spiro atoms. The Balaban J connectivity index is 2.10. The minimum atomic E-state index is -0.339. The van der Waals surface area contributed by atoms with E-state index < -0.39 is 0 Å². The lowest BCUT2D eigenvalue weighted by atomic mass is 9.75. The molecule has 4 heteroatoms. The van der Waals surface area contributed by atoms with E-state index in [2.05, 4.69) is 5.32 Å². The number of hydrogen-bond donors (Lipinski definition) is 1. The van der Waals surface area contributed by atoms with Gasteiger partial charge in [-0.2, -0.15) is 0 Å². The van der Waals surface area contributed by atoms with Crippen molar-refractivity contribution in [2.24, 2.45) is 0 Å². The maximum atomic E-state index is 12.7. The third-order valence-electron chi connectivity index (χ3n) is 4.84. The third-order valence-corrected chi connectivity index (χ3v) is 4.84. The molecule has 0 fully saturated rings. The van der Waals surface area contributed by atoms with Gasteiger partial charge in [0.2, 0.25) is 0 Å². The summed E-state index contributed by atoms with van der Waals surface area (Å²) in [5, 5.41) is 3.30. The third kappa shape index (κ3) is 3.39. The molecule has 0 aromatic heterocycles. The fraction of sp³-hybridized carbons (Fsp3) is 0.429. The molecular weight excluding hydrogens is 314 g/mol. The van der Waals surface area contributed by atoms with Gasteiger partial charge in [-0.1, -0.05) is 36.8 Å². The number of dihydropyridines is 1. The van der Waals surface area contributed by atoms with Crippen LogP contribution < -0.4 is 5.32 Å². The summed E-state index contributed by atoms with van der Waals surface area (Å²) < 4.78 is 5.42. The number of benzene rings is 1. The second-order valence-electron chi connectivity index (χ2n) is 6.81. The van der Waals surface area contributed by atoms with E-state index in [9.17, 15) is 9.59 Å². The van der Waals surface area contributed by atoms with Crippen LogP contribution in [0.4, 0.5) is 0 Å². The van der Waals surface area contributed by atoms with Crippen LogP contribution in [0.5, 0.6) is 0 Å². The lowest BCUT2D eigenvalue weighted by Crippen LogP contribution is -2.34. The van der Waals surface area contributed by atoms with E-state index in [0.717, 1.165) is 47.4 Å². The first-order valence-electron chi connectivity index (χ1n) is 9.00. The fourth-order valence-electron chi connectivity index (χ4n) is 3.62. The Morgan fingerprint density at radius 1 is 1.20 bits per heavy atom. The quantitative estimate of drug-likeness (QED) is 0.845. The number of esters is 1. The van der Waals surface area contributed by atoms with Gasteiger partial charge in [0.25, 0.3) is 0 Å². The van der Waals surface area contributed by atoms with Crippen LogP contribution in [0.2, 0.25) is 0 Å². The number of carbonyl (C=O) groups excluding carboxylic acids is 2. The largest absolute Gasteiger partial charge is 0.462 e. The van der Waals surface area contributed by atoms with Gasteiger partial charge in [-0.3, -0.25) is 4.79 Å². The molecule has 0 radical (unpaired) electrons. The van der Waals surface area contributed by atoms with Crippen molar-refractivity contribution >= 4 is 11.8 Å². The van der Waals surface area contributed by atoms with Gasteiger partial charge in [-0.05, 0) is 38.7 Å². The topological polar surface area (TPSA) is 55.4 Å². The molecule has 0 bridgehead atoms. The Labute approximate surface area is 149 Å². The first-order valence-corrected chi connectivity index (χ1v) is 9.00. The number of aryl methyl sites for hydroxylation is 1. The minimum absolute atomic E-state index is 0.132. The molecule has 1 N–H and O–H groups in total. The Morgan fingerprint density at radius 2 is 1.92 bits per heavy atom. The zero-order valence-corrected chi connectivity index (χ0v) is 15.1. The Bertz CT molecular complexity index is 756. The van der Waals surface area contributed by atoms with Gasteiger partial charge in [-0.25, -0.2) is 4.79 Å². The molecule has 2 aliphatic rings. The summed E-state index contributed by atoms with van der Waals surface area (Å²) in [6.45, 7) is 6.28. The average molecular weight is 339 g/mol. The van der Waals surface area contributed by atoms with Gasteiger partial charge in [0.15, 0.2) is 5.78 Å². The summed E-state index contributed by atoms with van der Waals surface area (Å²) in [7, 11) is 0. The standard InChI is InChI=1S/C21H25NO3/c1-4-12-25-21(24)18-14(3)22-16-6-5-7-17(23)20(16)19(18)15-10-8-13(2)9-11-15/h8-11,19,22H,4-7,12H2,1-3H3. The van der Waals surface area contributed by atoms with Gasteiger partial charge >= 0.3 is 5.97 Å². The molecule has 1 atom stereocenters. The van der Waals surface area contributed by atoms with Crippen LogP contribution >= 0.6 is 0 Å². The van der Waals surface area contributed by atoms with E-state index in [0.29, 0.717) is 18.6 Å². The van der Waals surface area contributed by atoms with Crippen molar-refractivity contribution < 1.29 is 14.3 Å². The van der Waals surface area contributed by atoms with E-state index in [4.69, 9.17) is 4.74 Å². The molecule has 25 heavy (non-hydrogen) atoms.